The van der Waals surface area contributed by atoms with Crippen LogP contribution in [0.5, 0.6) is 0 Å². The van der Waals surface area contributed by atoms with Crippen LogP contribution in [0.1, 0.15) is 36.5 Å². The predicted molar refractivity (Wildman–Crippen MR) is 96.7 cm³/mol. The molecule has 0 spiro atoms. The maximum atomic E-state index is 13.9. The van der Waals surface area contributed by atoms with Crippen molar-refractivity contribution in [1.29, 1.82) is 0 Å². The molecule has 2 nitrogen and oxygen atoms in total. The zero-order valence-corrected chi connectivity index (χ0v) is 14.2. The summed E-state index contributed by atoms with van der Waals surface area (Å²) in [5.41, 5.74) is 4.29. The molecule has 2 atom stereocenters. The molecule has 0 bridgehead atoms. The molecule has 1 aliphatic rings. The van der Waals surface area contributed by atoms with E-state index in [0.29, 0.717) is 5.52 Å². The van der Waals surface area contributed by atoms with Gasteiger partial charge >= 0.3 is 0 Å². The smallest absolute Gasteiger partial charge is 0.149 e. The molecule has 2 aromatic carbocycles. The van der Waals surface area contributed by atoms with E-state index < -0.39 is 0 Å². The van der Waals surface area contributed by atoms with Crippen molar-refractivity contribution < 1.29 is 4.39 Å². The highest BCUT2D eigenvalue weighted by Crippen LogP contribution is 2.36. The molecule has 0 radical (unpaired) electrons. The van der Waals surface area contributed by atoms with Gasteiger partial charge in [-0.05, 0) is 30.7 Å². The number of nitrogens with zero attached hydrogens (tertiary/aromatic N) is 2. The third-order valence-electron chi connectivity index (χ3n) is 4.75. The van der Waals surface area contributed by atoms with Gasteiger partial charge in [-0.3, -0.25) is 9.98 Å². The van der Waals surface area contributed by atoms with Gasteiger partial charge in [-0.2, -0.15) is 0 Å². The Balaban J connectivity index is 1.94. The fraction of sp³-hybridized carbons (Fsp3) is 0.200. The van der Waals surface area contributed by atoms with Crippen LogP contribution in [-0.2, 0) is 0 Å². The van der Waals surface area contributed by atoms with Crippen LogP contribution in [0.2, 0.25) is 5.02 Å². The van der Waals surface area contributed by atoms with Crippen molar-refractivity contribution in [3.8, 4) is 0 Å². The Morgan fingerprint density at radius 2 is 1.88 bits per heavy atom. The van der Waals surface area contributed by atoms with Gasteiger partial charge in [0.1, 0.15) is 11.3 Å². The highest BCUT2D eigenvalue weighted by Gasteiger charge is 2.28. The molecule has 0 aliphatic carbocycles. The van der Waals surface area contributed by atoms with Gasteiger partial charge in [0.25, 0.3) is 0 Å². The molecule has 3 aromatic rings. The van der Waals surface area contributed by atoms with E-state index in [2.05, 4.69) is 18.8 Å². The van der Waals surface area contributed by atoms with E-state index in [9.17, 15) is 4.39 Å². The summed E-state index contributed by atoms with van der Waals surface area (Å²) in [6.07, 6.45) is 1.69. The number of fused-ring (bicyclic) bond motifs is 2. The number of rotatable bonds is 1. The van der Waals surface area contributed by atoms with E-state index in [1.54, 1.807) is 12.3 Å². The lowest BCUT2D eigenvalue weighted by atomic mass is 9.84. The molecular formula is C20H16ClFN2. The van der Waals surface area contributed by atoms with Gasteiger partial charge in [0, 0.05) is 33.7 Å². The maximum Gasteiger partial charge on any atom is 0.149 e. The Hall–Kier alpha value is -2.26. The fourth-order valence-corrected chi connectivity index (χ4v) is 3.66. The standard InChI is InChI=1S/C20H16ClFN2/c1-11-12(2)24-19(15-6-4-7-16(21)18(11)15)14-9-13-5-3-8-17(22)20(13)23-10-14/h3-12H,1-2H3/t11-,12+/m0/s1. The van der Waals surface area contributed by atoms with Crippen LogP contribution in [0.25, 0.3) is 10.9 Å². The highest BCUT2D eigenvalue weighted by molar-refractivity contribution is 6.32. The first kappa shape index (κ1) is 15.3. The van der Waals surface area contributed by atoms with Gasteiger partial charge in [0.05, 0.1) is 11.8 Å². The zero-order chi connectivity index (χ0) is 16.8. The lowest BCUT2D eigenvalue weighted by molar-refractivity contribution is 0.605. The minimum absolute atomic E-state index is 0.121. The first-order valence-corrected chi connectivity index (χ1v) is 8.35. The van der Waals surface area contributed by atoms with Crippen LogP contribution in [0.4, 0.5) is 4.39 Å². The lowest BCUT2D eigenvalue weighted by Gasteiger charge is -2.28. The second-order valence-corrected chi connectivity index (χ2v) is 6.65. The molecule has 0 saturated carbocycles. The molecule has 120 valence electrons. The Morgan fingerprint density at radius 3 is 2.71 bits per heavy atom. The van der Waals surface area contributed by atoms with Gasteiger partial charge in [0.2, 0.25) is 0 Å². The maximum absolute atomic E-state index is 13.9. The summed E-state index contributed by atoms with van der Waals surface area (Å²) < 4.78 is 13.9. The van der Waals surface area contributed by atoms with Crippen molar-refractivity contribution in [2.24, 2.45) is 4.99 Å². The average Bonchev–Trinajstić information content (AvgIpc) is 2.58. The van der Waals surface area contributed by atoms with Gasteiger partial charge in [-0.15, -0.1) is 0 Å². The monoisotopic (exact) mass is 338 g/mol. The van der Waals surface area contributed by atoms with E-state index >= 15 is 0 Å². The number of hydrogen-bond acceptors (Lipinski definition) is 2. The quantitative estimate of drug-likeness (QED) is 0.585. The minimum Gasteiger partial charge on any atom is -0.280 e. The number of hydrogen-bond donors (Lipinski definition) is 0. The highest BCUT2D eigenvalue weighted by atomic mass is 35.5. The molecule has 4 heteroatoms. The van der Waals surface area contributed by atoms with Crippen molar-refractivity contribution >= 4 is 28.2 Å². The Labute approximate surface area is 145 Å². The van der Waals surface area contributed by atoms with Crippen molar-refractivity contribution in [2.75, 3.05) is 0 Å². The molecule has 0 fully saturated rings. The summed E-state index contributed by atoms with van der Waals surface area (Å²) in [6, 6.07) is 12.9. The number of para-hydroxylation sites is 1. The molecule has 24 heavy (non-hydrogen) atoms. The number of aromatic nitrogens is 1. The third kappa shape index (κ3) is 2.31. The van der Waals surface area contributed by atoms with Crippen LogP contribution in [0.15, 0.2) is 53.7 Å². The van der Waals surface area contributed by atoms with Gasteiger partial charge < -0.3 is 0 Å². The van der Waals surface area contributed by atoms with E-state index in [0.717, 1.165) is 32.8 Å². The van der Waals surface area contributed by atoms with Crippen LogP contribution in [-0.4, -0.2) is 16.7 Å². The van der Waals surface area contributed by atoms with Crippen molar-refractivity contribution in [1.82, 2.24) is 4.98 Å². The van der Waals surface area contributed by atoms with Crippen LogP contribution in [0.3, 0.4) is 0 Å². The molecule has 0 saturated heterocycles. The normalized spacial score (nSPS) is 19.9. The number of pyridine rings is 1. The fourth-order valence-electron chi connectivity index (χ4n) is 3.32. The van der Waals surface area contributed by atoms with E-state index in [4.69, 9.17) is 16.6 Å². The first-order valence-electron chi connectivity index (χ1n) is 7.97. The van der Waals surface area contributed by atoms with Crippen molar-refractivity contribution in [3.63, 3.8) is 0 Å². The van der Waals surface area contributed by atoms with E-state index in [1.165, 1.54) is 6.07 Å². The van der Waals surface area contributed by atoms with Crippen molar-refractivity contribution in [2.45, 2.75) is 25.8 Å². The van der Waals surface area contributed by atoms with Crippen LogP contribution >= 0.6 is 11.6 Å². The van der Waals surface area contributed by atoms with Crippen molar-refractivity contribution in [3.05, 3.63) is 76.2 Å². The summed E-state index contributed by atoms with van der Waals surface area (Å²) in [5, 5.41) is 1.53. The summed E-state index contributed by atoms with van der Waals surface area (Å²) in [4.78, 5) is 9.18. The Bertz CT molecular complexity index is 981. The minimum atomic E-state index is -0.310. The Morgan fingerprint density at radius 1 is 1.08 bits per heavy atom. The molecule has 0 N–H and O–H groups in total. The molecule has 1 aliphatic heterocycles. The molecule has 2 heterocycles. The van der Waals surface area contributed by atoms with Gasteiger partial charge in [-0.1, -0.05) is 42.8 Å². The first-order chi connectivity index (χ1) is 11.6. The topological polar surface area (TPSA) is 25.2 Å². The number of halogens is 2. The number of aliphatic imine (C=N–C) groups is 1. The lowest BCUT2D eigenvalue weighted by Crippen LogP contribution is -2.23. The zero-order valence-electron chi connectivity index (χ0n) is 13.4. The third-order valence-corrected chi connectivity index (χ3v) is 5.08. The van der Waals surface area contributed by atoms with Crippen LogP contribution < -0.4 is 0 Å². The predicted octanol–water partition coefficient (Wildman–Crippen LogP) is 5.37. The SMILES string of the molecule is C[C@@H]1c2c(Cl)cccc2C(c2cnc3c(F)cccc3c2)=N[C@@H]1C. The summed E-state index contributed by atoms with van der Waals surface area (Å²) in [7, 11) is 0. The van der Waals surface area contributed by atoms with E-state index in [-0.39, 0.29) is 17.8 Å². The van der Waals surface area contributed by atoms with Gasteiger partial charge in [0.15, 0.2) is 0 Å². The molecule has 0 unspecified atom stereocenters. The summed E-state index contributed by atoms with van der Waals surface area (Å²) >= 11 is 6.45. The molecule has 1 aromatic heterocycles. The molecular weight excluding hydrogens is 323 g/mol. The summed E-state index contributed by atoms with van der Waals surface area (Å²) in [6.45, 7) is 4.23. The van der Waals surface area contributed by atoms with E-state index in [1.807, 2.05) is 30.3 Å². The summed E-state index contributed by atoms with van der Waals surface area (Å²) in [5.74, 6) is -0.0571. The second kappa shape index (κ2) is 5.67. The molecule has 0 amide bonds. The average molecular weight is 339 g/mol. The Kier molecular flexibility index (Phi) is 3.61. The second-order valence-electron chi connectivity index (χ2n) is 6.24. The van der Waals surface area contributed by atoms with Crippen LogP contribution in [0, 0.1) is 5.82 Å². The van der Waals surface area contributed by atoms with Gasteiger partial charge in [-0.25, -0.2) is 4.39 Å². The molecule has 4 rings (SSSR count). The largest absolute Gasteiger partial charge is 0.280 e. The number of benzene rings is 2.